The molecule has 0 aromatic rings. The van der Waals surface area contributed by atoms with Gasteiger partial charge in [0.15, 0.2) is 0 Å². The molecule has 0 fully saturated rings. The minimum absolute atomic E-state index is 0.0558. The van der Waals surface area contributed by atoms with Crippen molar-refractivity contribution in [3.63, 3.8) is 0 Å². The van der Waals surface area contributed by atoms with E-state index < -0.39 is 22.3 Å². The average Bonchev–Trinajstić information content (AvgIpc) is 2.09. The molecule has 0 radical (unpaired) electrons. The molecule has 1 N–H and O–H groups in total. The number of carbonyl (C=O) groups excluding carboxylic acids is 1. The number of rotatable bonds is 5. The maximum Gasteiger partial charge on any atom is 0.138 e. The van der Waals surface area contributed by atoms with Crippen molar-refractivity contribution in [3.05, 3.63) is 23.9 Å². The van der Waals surface area contributed by atoms with Crippen LogP contribution in [-0.4, -0.2) is 32.8 Å². The van der Waals surface area contributed by atoms with E-state index >= 15 is 0 Å². The van der Waals surface area contributed by atoms with Crippen LogP contribution in [0.4, 0.5) is 0 Å². The number of hydrogen-bond acceptors (Lipinski definition) is 2. The van der Waals surface area contributed by atoms with E-state index in [1.165, 1.54) is 0 Å². The van der Waals surface area contributed by atoms with Crippen LogP contribution in [0.5, 0.6) is 0 Å². The van der Waals surface area contributed by atoms with Gasteiger partial charge in [0.25, 0.3) is 0 Å². The highest BCUT2D eigenvalue weighted by atomic mass is 28.3. The molecule has 0 saturated carbocycles. The van der Waals surface area contributed by atoms with Crippen molar-refractivity contribution in [3.8, 4) is 0 Å². The van der Waals surface area contributed by atoms with Crippen molar-refractivity contribution in [2.75, 3.05) is 0 Å². The van der Waals surface area contributed by atoms with Gasteiger partial charge in [-0.1, -0.05) is 57.6 Å². The van der Waals surface area contributed by atoms with E-state index in [0.29, 0.717) is 5.57 Å². The molecule has 0 aliphatic rings. The zero-order chi connectivity index (χ0) is 13.1. The highest BCUT2D eigenvalue weighted by molar-refractivity contribution is 7.05. The molecule has 0 rings (SSSR count). The first-order valence-corrected chi connectivity index (χ1v) is 12.6. The average molecular weight is 256 g/mol. The smallest absolute Gasteiger partial charge is 0.138 e. The molecule has 0 saturated heterocycles. The summed E-state index contributed by atoms with van der Waals surface area (Å²) < 4.78 is 0. The van der Waals surface area contributed by atoms with Gasteiger partial charge in [0.05, 0.1) is 14.2 Å². The van der Waals surface area contributed by atoms with Crippen LogP contribution in [0, 0.1) is 0 Å². The maximum absolute atomic E-state index is 11.9. The van der Waals surface area contributed by atoms with E-state index in [4.69, 9.17) is 0 Å². The minimum atomic E-state index is -1.88. The fraction of sp³-hybridized carbons (Fsp3) is 0.583. The molecule has 0 bridgehead atoms. The van der Waals surface area contributed by atoms with Gasteiger partial charge in [-0.3, -0.25) is 0 Å². The summed E-state index contributed by atoms with van der Waals surface area (Å²) in [5.41, 5.74) is 2.38. The Labute approximate surface area is 101 Å². The fourth-order valence-electron chi connectivity index (χ4n) is 1.11. The predicted octanol–water partition coefficient (Wildman–Crippen LogP) is 2.78. The molecular formula is C12H24O2Si2. The van der Waals surface area contributed by atoms with Gasteiger partial charge in [-0.25, -0.2) is 0 Å². The Balaban J connectivity index is 4.66. The molecule has 0 aromatic heterocycles. The molecule has 0 aromatic carbocycles. The Bertz CT molecular complexity index is 306. The molecule has 4 heteroatoms. The van der Waals surface area contributed by atoms with Gasteiger partial charge in [0, 0.05) is 5.57 Å². The Morgan fingerprint density at radius 1 is 1.19 bits per heavy atom. The standard InChI is InChI=1S/C12H24O2Si2/c1-10(12(14)16(5,6)7)11(13)8-9-15(2,3)4/h8-9,11,13H,1H2,2-7H3. The topological polar surface area (TPSA) is 37.3 Å². The van der Waals surface area contributed by atoms with Crippen molar-refractivity contribution in [2.24, 2.45) is 0 Å². The van der Waals surface area contributed by atoms with Gasteiger partial charge >= 0.3 is 0 Å². The van der Waals surface area contributed by atoms with Crippen LogP contribution < -0.4 is 0 Å². The van der Waals surface area contributed by atoms with Crippen molar-refractivity contribution in [1.82, 2.24) is 0 Å². The lowest BCUT2D eigenvalue weighted by molar-refractivity contribution is -0.110. The van der Waals surface area contributed by atoms with Crippen LogP contribution in [0.1, 0.15) is 0 Å². The Kier molecular flexibility index (Phi) is 5.10. The first-order valence-electron chi connectivity index (χ1n) is 5.56. The van der Waals surface area contributed by atoms with Crippen molar-refractivity contribution < 1.29 is 9.90 Å². The minimum Gasteiger partial charge on any atom is -0.384 e. The third kappa shape index (κ3) is 5.58. The Morgan fingerprint density at radius 2 is 1.62 bits per heavy atom. The molecule has 0 amide bonds. The van der Waals surface area contributed by atoms with Gasteiger partial charge < -0.3 is 9.90 Å². The summed E-state index contributed by atoms with van der Waals surface area (Å²) >= 11 is 0. The summed E-state index contributed by atoms with van der Waals surface area (Å²) in [6.07, 6.45) is 0.901. The third-order valence-corrected chi connectivity index (χ3v) is 4.98. The molecule has 16 heavy (non-hydrogen) atoms. The van der Waals surface area contributed by atoms with E-state index in [1.54, 1.807) is 6.08 Å². The normalized spacial score (nSPS) is 15.2. The second-order valence-corrected chi connectivity index (χ2v) is 16.3. The van der Waals surface area contributed by atoms with E-state index in [1.807, 2.05) is 25.3 Å². The first kappa shape index (κ1) is 15.5. The molecular weight excluding hydrogens is 232 g/mol. The van der Waals surface area contributed by atoms with E-state index in [-0.39, 0.29) is 5.41 Å². The predicted molar refractivity (Wildman–Crippen MR) is 76.0 cm³/mol. The van der Waals surface area contributed by atoms with Crippen LogP contribution in [0.25, 0.3) is 0 Å². The highest BCUT2D eigenvalue weighted by Crippen LogP contribution is 2.14. The van der Waals surface area contributed by atoms with Crippen LogP contribution >= 0.6 is 0 Å². The van der Waals surface area contributed by atoms with Crippen LogP contribution in [0.15, 0.2) is 23.9 Å². The monoisotopic (exact) mass is 256 g/mol. The number of aliphatic hydroxyl groups is 1. The zero-order valence-electron chi connectivity index (χ0n) is 11.3. The molecule has 0 aliphatic heterocycles. The molecule has 0 spiro atoms. The maximum atomic E-state index is 11.9. The summed E-state index contributed by atoms with van der Waals surface area (Å²) in [5, 5.41) is 9.91. The van der Waals surface area contributed by atoms with Crippen LogP contribution in [-0.2, 0) is 4.79 Å². The van der Waals surface area contributed by atoms with E-state index in [2.05, 4.69) is 26.2 Å². The summed E-state index contributed by atoms with van der Waals surface area (Å²) in [4.78, 5) is 11.9. The third-order valence-electron chi connectivity index (χ3n) is 2.11. The summed E-state index contributed by atoms with van der Waals surface area (Å²) in [5.74, 6) is 0. The number of hydrogen-bond donors (Lipinski definition) is 1. The number of carbonyl (C=O) groups is 1. The lowest BCUT2D eigenvalue weighted by atomic mass is 10.2. The van der Waals surface area contributed by atoms with Gasteiger partial charge in [-0.15, -0.1) is 0 Å². The molecule has 2 nitrogen and oxygen atoms in total. The lowest BCUT2D eigenvalue weighted by Gasteiger charge is -2.19. The SMILES string of the molecule is C=C(C(=O)[Si](C)(C)C)C(O)C=C[Si](C)(C)C. The lowest BCUT2D eigenvalue weighted by Crippen LogP contribution is -2.37. The zero-order valence-corrected chi connectivity index (χ0v) is 13.3. The van der Waals surface area contributed by atoms with Gasteiger partial charge in [0.2, 0.25) is 0 Å². The Morgan fingerprint density at radius 3 is 1.94 bits per heavy atom. The van der Waals surface area contributed by atoms with E-state index in [0.717, 1.165) is 0 Å². The highest BCUT2D eigenvalue weighted by Gasteiger charge is 2.28. The molecule has 92 valence electrons. The largest absolute Gasteiger partial charge is 0.384 e. The first-order chi connectivity index (χ1) is 6.95. The Hall–Kier alpha value is -0.456. The van der Waals surface area contributed by atoms with Crippen molar-refractivity contribution in [2.45, 2.75) is 45.4 Å². The van der Waals surface area contributed by atoms with Gasteiger partial charge in [-0.05, 0) is 0 Å². The molecule has 0 heterocycles. The summed E-state index contributed by atoms with van der Waals surface area (Å²) in [6.45, 7) is 16.2. The number of aliphatic hydroxyl groups excluding tert-OH is 1. The van der Waals surface area contributed by atoms with E-state index in [9.17, 15) is 9.90 Å². The van der Waals surface area contributed by atoms with Crippen LogP contribution in [0.2, 0.25) is 39.3 Å². The molecule has 1 unspecified atom stereocenters. The summed E-state index contributed by atoms with van der Waals surface area (Å²) in [6, 6.07) is 0. The van der Waals surface area contributed by atoms with Gasteiger partial charge in [0.1, 0.15) is 13.5 Å². The van der Waals surface area contributed by atoms with Crippen LogP contribution in [0.3, 0.4) is 0 Å². The van der Waals surface area contributed by atoms with Crippen molar-refractivity contribution in [1.29, 1.82) is 0 Å². The molecule has 1 atom stereocenters. The second kappa shape index (κ2) is 5.25. The molecule has 0 aliphatic carbocycles. The fourth-order valence-corrected chi connectivity index (χ4v) is 2.98. The quantitative estimate of drug-likeness (QED) is 0.607. The van der Waals surface area contributed by atoms with Gasteiger partial charge in [-0.2, -0.15) is 0 Å². The second-order valence-electron chi connectivity index (χ2n) is 6.27. The summed E-state index contributed by atoms with van der Waals surface area (Å²) in [7, 11) is -3.21. The van der Waals surface area contributed by atoms with Crippen molar-refractivity contribution >= 4 is 21.6 Å².